The summed E-state index contributed by atoms with van der Waals surface area (Å²) in [6.07, 6.45) is 2.31. The van der Waals surface area contributed by atoms with Gasteiger partial charge in [-0.05, 0) is 44.0 Å². The van der Waals surface area contributed by atoms with Crippen molar-refractivity contribution in [3.05, 3.63) is 23.8 Å². The summed E-state index contributed by atoms with van der Waals surface area (Å²) in [5.74, 6) is 0.740. The van der Waals surface area contributed by atoms with Crippen LogP contribution in [0.15, 0.2) is 18.2 Å². The van der Waals surface area contributed by atoms with Gasteiger partial charge in [-0.3, -0.25) is 4.90 Å². The van der Waals surface area contributed by atoms with E-state index in [1.54, 1.807) is 14.2 Å². The third kappa shape index (κ3) is 3.39. The first-order valence-corrected chi connectivity index (χ1v) is 6.76. The number of piperidine rings is 1. The average Bonchev–Trinajstić information content (AvgIpc) is 2.39. The minimum Gasteiger partial charge on any atom is -0.495 e. The van der Waals surface area contributed by atoms with E-state index in [0.717, 1.165) is 31.8 Å². The van der Waals surface area contributed by atoms with Crippen LogP contribution in [-0.4, -0.2) is 37.8 Å². The van der Waals surface area contributed by atoms with Crippen LogP contribution >= 0.6 is 0 Å². The van der Waals surface area contributed by atoms with Crippen LogP contribution in [0.3, 0.4) is 0 Å². The summed E-state index contributed by atoms with van der Waals surface area (Å²) in [5, 5.41) is 0. The molecule has 0 radical (unpaired) electrons. The van der Waals surface area contributed by atoms with Gasteiger partial charge in [-0.25, -0.2) is 0 Å². The van der Waals surface area contributed by atoms with E-state index in [-0.39, 0.29) is 5.60 Å². The van der Waals surface area contributed by atoms with Crippen molar-refractivity contribution >= 4 is 5.69 Å². The fourth-order valence-electron chi connectivity index (χ4n) is 2.75. The molecule has 1 heterocycles. The normalized spacial score (nSPS) is 24.4. The topological polar surface area (TPSA) is 47.7 Å². The molecule has 1 aromatic rings. The molecule has 19 heavy (non-hydrogen) atoms. The Bertz CT molecular complexity index is 436. The third-order valence-corrected chi connectivity index (χ3v) is 3.93. The first-order chi connectivity index (χ1) is 9.06. The van der Waals surface area contributed by atoms with Crippen molar-refractivity contribution in [3.63, 3.8) is 0 Å². The fourth-order valence-corrected chi connectivity index (χ4v) is 2.75. The van der Waals surface area contributed by atoms with Crippen LogP contribution in [0, 0.1) is 0 Å². The van der Waals surface area contributed by atoms with Crippen molar-refractivity contribution in [2.24, 2.45) is 0 Å². The van der Waals surface area contributed by atoms with Gasteiger partial charge < -0.3 is 15.2 Å². The van der Waals surface area contributed by atoms with E-state index < -0.39 is 0 Å². The van der Waals surface area contributed by atoms with Crippen molar-refractivity contribution in [3.8, 4) is 5.75 Å². The number of nitrogens with zero attached hydrogens (tertiary/aromatic N) is 1. The molecule has 4 heteroatoms. The van der Waals surface area contributed by atoms with Crippen molar-refractivity contribution in [2.45, 2.75) is 31.9 Å². The van der Waals surface area contributed by atoms with Gasteiger partial charge in [-0.1, -0.05) is 6.07 Å². The van der Waals surface area contributed by atoms with Crippen LogP contribution in [0.2, 0.25) is 0 Å². The van der Waals surface area contributed by atoms with Crippen LogP contribution in [0.5, 0.6) is 5.75 Å². The number of benzene rings is 1. The molecular formula is C15H24N2O2. The Morgan fingerprint density at radius 3 is 2.79 bits per heavy atom. The fraction of sp³-hybridized carbons (Fsp3) is 0.600. The largest absolute Gasteiger partial charge is 0.495 e. The van der Waals surface area contributed by atoms with Crippen LogP contribution in [0.1, 0.15) is 25.3 Å². The molecular weight excluding hydrogens is 240 g/mol. The number of ether oxygens (including phenoxy) is 2. The highest BCUT2D eigenvalue weighted by Crippen LogP contribution is 2.27. The molecule has 0 aromatic heterocycles. The molecule has 0 amide bonds. The monoisotopic (exact) mass is 264 g/mol. The predicted octanol–water partition coefficient (Wildman–Crippen LogP) is 2.28. The number of methoxy groups -OCH3 is 2. The molecule has 0 saturated carbocycles. The minimum absolute atomic E-state index is 0.0176. The van der Waals surface area contributed by atoms with Gasteiger partial charge in [0.15, 0.2) is 0 Å². The molecule has 1 fully saturated rings. The van der Waals surface area contributed by atoms with Gasteiger partial charge >= 0.3 is 0 Å². The Hall–Kier alpha value is -1.26. The zero-order chi connectivity index (χ0) is 13.9. The van der Waals surface area contributed by atoms with E-state index in [2.05, 4.69) is 17.9 Å². The first kappa shape index (κ1) is 14.2. The highest BCUT2D eigenvalue weighted by atomic mass is 16.5. The van der Waals surface area contributed by atoms with Crippen LogP contribution in [-0.2, 0) is 11.3 Å². The lowest BCUT2D eigenvalue weighted by atomic mass is 9.94. The summed E-state index contributed by atoms with van der Waals surface area (Å²) in [5.41, 5.74) is 7.85. The number of hydrogen-bond acceptors (Lipinski definition) is 4. The quantitative estimate of drug-likeness (QED) is 0.848. The Balaban J connectivity index is 2.03. The van der Waals surface area contributed by atoms with Gasteiger partial charge in [0.25, 0.3) is 0 Å². The van der Waals surface area contributed by atoms with Crippen molar-refractivity contribution in [2.75, 3.05) is 33.0 Å². The number of likely N-dealkylation sites (tertiary alicyclic amines) is 1. The molecule has 2 rings (SSSR count). The molecule has 1 saturated heterocycles. The molecule has 1 atom stereocenters. The molecule has 1 unspecified atom stereocenters. The number of rotatable bonds is 4. The van der Waals surface area contributed by atoms with Crippen molar-refractivity contribution in [1.29, 1.82) is 0 Å². The number of anilines is 1. The molecule has 0 spiro atoms. The molecule has 1 aliphatic rings. The Morgan fingerprint density at radius 1 is 1.37 bits per heavy atom. The second-order valence-corrected chi connectivity index (χ2v) is 5.54. The highest BCUT2D eigenvalue weighted by Gasteiger charge is 2.30. The molecule has 2 N–H and O–H groups in total. The van der Waals surface area contributed by atoms with Gasteiger partial charge in [-0.2, -0.15) is 0 Å². The smallest absolute Gasteiger partial charge is 0.141 e. The number of nitrogen functional groups attached to an aromatic ring is 1. The number of nitrogens with two attached hydrogens (primary N) is 1. The maximum Gasteiger partial charge on any atom is 0.141 e. The summed E-state index contributed by atoms with van der Waals surface area (Å²) in [4.78, 5) is 2.42. The average molecular weight is 264 g/mol. The van der Waals surface area contributed by atoms with Gasteiger partial charge in [0.1, 0.15) is 5.75 Å². The lowest BCUT2D eigenvalue weighted by molar-refractivity contribution is -0.0526. The summed E-state index contributed by atoms with van der Waals surface area (Å²) < 4.78 is 10.8. The molecule has 4 nitrogen and oxygen atoms in total. The zero-order valence-corrected chi connectivity index (χ0v) is 12.1. The maximum absolute atomic E-state index is 5.95. The third-order valence-electron chi connectivity index (χ3n) is 3.93. The second kappa shape index (κ2) is 5.80. The molecule has 0 aliphatic carbocycles. The standard InChI is InChI=1S/C15H24N2O2/c1-15(19-3)7-4-8-17(11-15)10-12-5-6-14(18-2)13(16)9-12/h5-6,9H,4,7-8,10-11,16H2,1-3H3. The Morgan fingerprint density at radius 2 is 2.16 bits per heavy atom. The summed E-state index contributed by atoms with van der Waals surface area (Å²) in [7, 11) is 3.44. The Kier molecular flexibility index (Phi) is 4.32. The lowest BCUT2D eigenvalue weighted by Crippen LogP contribution is -2.46. The molecule has 1 aliphatic heterocycles. The lowest BCUT2D eigenvalue weighted by Gasteiger charge is -2.39. The van der Waals surface area contributed by atoms with Crippen LogP contribution < -0.4 is 10.5 Å². The summed E-state index contributed by atoms with van der Waals surface area (Å²) >= 11 is 0. The number of hydrogen-bond donors (Lipinski definition) is 1. The zero-order valence-electron chi connectivity index (χ0n) is 12.1. The van der Waals surface area contributed by atoms with E-state index in [0.29, 0.717) is 5.69 Å². The van der Waals surface area contributed by atoms with Crippen molar-refractivity contribution < 1.29 is 9.47 Å². The molecule has 106 valence electrons. The van der Waals surface area contributed by atoms with E-state index >= 15 is 0 Å². The van der Waals surface area contributed by atoms with Crippen LogP contribution in [0.4, 0.5) is 5.69 Å². The second-order valence-electron chi connectivity index (χ2n) is 5.54. The van der Waals surface area contributed by atoms with Gasteiger partial charge in [0.05, 0.1) is 18.4 Å². The van der Waals surface area contributed by atoms with E-state index in [1.165, 1.54) is 12.0 Å². The molecule has 1 aromatic carbocycles. The predicted molar refractivity (Wildman–Crippen MR) is 77.3 cm³/mol. The molecule has 0 bridgehead atoms. The van der Waals surface area contributed by atoms with E-state index in [4.69, 9.17) is 15.2 Å². The van der Waals surface area contributed by atoms with E-state index in [9.17, 15) is 0 Å². The van der Waals surface area contributed by atoms with Gasteiger partial charge in [0, 0.05) is 20.2 Å². The highest BCUT2D eigenvalue weighted by molar-refractivity contribution is 5.54. The summed E-state index contributed by atoms with van der Waals surface area (Å²) in [6.45, 7) is 5.18. The van der Waals surface area contributed by atoms with Gasteiger partial charge in [-0.15, -0.1) is 0 Å². The minimum atomic E-state index is -0.0176. The van der Waals surface area contributed by atoms with Crippen molar-refractivity contribution in [1.82, 2.24) is 4.90 Å². The first-order valence-electron chi connectivity index (χ1n) is 6.76. The van der Waals surface area contributed by atoms with E-state index in [1.807, 2.05) is 12.1 Å². The Labute approximate surface area is 115 Å². The van der Waals surface area contributed by atoms with Crippen LogP contribution in [0.25, 0.3) is 0 Å². The SMILES string of the molecule is COc1ccc(CN2CCCC(C)(OC)C2)cc1N. The maximum atomic E-state index is 5.95. The van der Waals surface area contributed by atoms with Gasteiger partial charge in [0.2, 0.25) is 0 Å². The summed E-state index contributed by atoms with van der Waals surface area (Å²) in [6, 6.07) is 6.01.